The first-order valence-electron chi connectivity index (χ1n) is 11.0. The summed E-state index contributed by atoms with van der Waals surface area (Å²) in [5.74, 6) is -0.251. The molecule has 0 radical (unpaired) electrons. The topological polar surface area (TPSA) is 86.0 Å². The Morgan fingerprint density at radius 1 is 1.06 bits per heavy atom. The second-order valence-corrected chi connectivity index (χ2v) is 9.37. The van der Waals surface area contributed by atoms with Gasteiger partial charge >= 0.3 is 17.7 Å². The van der Waals surface area contributed by atoms with Crippen LogP contribution in [0.25, 0.3) is 11.0 Å². The van der Waals surface area contributed by atoms with Gasteiger partial charge in [-0.2, -0.15) is 0 Å². The van der Waals surface area contributed by atoms with Crippen LogP contribution in [-0.4, -0.2) is 35.7 Å². The summed E-state index contributed by atoms with van der Waals surface area (Å²) < 4.78 is 16.5. The molecule has 0 atom stereocenters. The van der Waals surface area contributed by atoms with E-state index in [9.17, 15) is 14.4 Å². The van der Waals surface area contributed by atoms with Crippen molar-refractivity contribution in [1.29, 1.82) is 0 Å². The number of hydrogen-bond donors (Lipinski definition) is 0. The van der Waals surface area contributed by atoms with Gasteiger partial charge < -0.3 is 18.8 Å². The molecule has 0 N–H and O–H groups in total. The maximum absolute atomic E-state index is 12.7. The molecule has 1 aromatic carbocycles. The van der Waals surface area contributed by atoms with E-state index in [-0.39, 0.29) is 23.6 Å². The summed E-state index contributed by atoms with van der Waals surface area (Å²) in [4.78, 5) is 38.8. The van der Waals surface area contributed by atoms with E-state index >= 15 is 0 Å². The van der Waals surface area contributed by atoms with Gasteiger partial charge in [-0.25, -0.2) is 9.59 Å². The number of aryl methyl sites for hydroxylation is 1. The lowest BCUT2D eigenvalue weighted by atomic mass is 9.91. The minimum Gasteiger partial charge on any atom is -0.444 e. The number of esters is 1. The number of likely N-dealkylation sites (tertiary alicyclic amines) is 1. The number of carbonyl (C=O) groups excluding carboxylic acids is 2. The van der Waals surface area contributed by atoms with Crippen molar-refractivity contribution >= 4 is 23.0 Å². The van der Waals surface area contributed by atoms with E-state index < -0.39 is 5.60 Å². The smallest absolute Gasteiger partial charge is 0.410 e. The van der Waals surface area contributed by atoms with E-state index in [0.717, 1.165) is 42.2 Å². The number of amides is 1. The lowest BCUT2D eigenvalue weighted by Gasteiger charge is -2.32. The van der Waals surface area contributed by atoms with Gasteiger partial charge in [-0.05, 0) is 77.0 Å². The van der Waals surface area contributed by atoms with Crippen molar-refractivity contribution in [2.24, 2.45) is 5.92 Å². The van der Waals surface area contributed by atoms with Gasteiger partial charge in [0.05, 0.1) is 5.92 Å². The van der Waals surface area contributed by atoms with Crippen molar-refractivity contribution in [3.8, 4) is 5.75 Å². The Morgan fingerprint density at radius 3 is 2.42 bits per heavy atom. The highest BCUT2D eigenvalue weighted by molar-refractivity contribution is 5.84. The molecule has 2 aliphatic rings. The highest BCUT2D eigenvalue weighted by Crippen LogP contribution is 2.30. The van der Waals surface area contributed by atoms with Gasteiger partial charge in [0.2, 0.25) is 0 Å². The van der Waals surface area contributed by atoms with Crippen molar-refractivity contribution in [3.63, 3.8) is 0 Å². The first kappa shape index (κ1) is 21.4. The van der Waals surface area contributed by atoms with Crippen LogP contribution in [0.5, 0.6) is 5.75 Å². The lowest BCUT2D eigenvalue weighted by Crippen LogP contribution is -2.43. The molecule has 1 amide bonds. The summed E-state index contributed by atoms with van der Waals surface area (Å²) in [7, 11) is 0. The molecule has 7 nitrogen and oxygen atoms in total. The van der Waals surface area contributed by atoms with E-state index in [0.29, 0.717) is 37.3 Å². The summed E-state index contributed by atoms with van der Waals surface area (Å²) in [5.41, 5.74) is 1.46. The number of piperidine rings is 1. The van der Waals surface area contributed by atoms with Crippen molar-refractivity contribution < 1.29 is 23.5 Å². The largest absolute Gasteiger partial charge is 0.444 e. The van der Waals surface area contributed by atoms with Crippen LogP contribution in [0.1, 0.15) is 57.6 Å². The van der Waals surface area contributed by atoms with Crippen LogP contribution >= 0.6 is 0 Å². The van der Waals surface area contributed by atoms with E-state index in [1.54, 1.807) is 17.0 Å². The molecular formula is C24H29NO6. The molecule has 166 valence electrons. The van der Waals surface area contributed by atoms with Gasteiger partial charge in [-0.3, -0.25) is 4.79 Å². The molecule has 0 unspecified atom stereocenters. The van der Waals surface area contributed by atoms with Gasteiger partial charge in [0.1, 0.15) is 16.9 Å². The van der Waals surface area contributed by atoms with Crippen LogP contribution < -0.4 is 10.4 Å². The number of hydrogen-bond acceptors (Lipinski definition) is 6. The standard InChI is InChI=1S/C24H29NO6/c1-24(2,3)31-23(28)25-12-10-15(11-13-25)21(26)29-16-8-9-18-17-6-4-5-7-19(17)22(27)30-20(18)14-16/h8-9,14-15H,4-7,10-13H2,1-3H3. The number of benzene rings is 1. The number of ether oxygens (including phenoxy) is 2. The minimum absolute atomic E-state index is 0.287. The molecule has 0 saturated carbocycles. The highest BCUT2D eigenvalue weighted by Gasteiger charge is 2.31. The summed E-state index contributed by atoms with van der Waals surface area (Å²) in [6, 6.07) is 5.25. The average molecular weight is 427 g/mol. The molecule has 1 aromatic heterocycles. The van der Waals surface area contributed by atoms with E-state index in [1.165, 1.54) is 0 Å². The Morgan fingerprint density at radius 2 is 1.74 bits per heavy atom. The molecule has 7 heteroatoms. The van der Waals surface area contributed by atoms with Gasteiger partial charge in [-0.1, -0.05) is 0 Å². The molecule has 2 heterocycles. The van der Waals surface area contributed by atoms with Crippen molar-refractivity contribution in [2.45, 2.75) is 64.9 Å². The number of carbonyl (C=O) groups is 2. The first-order valence-corrected chi connectivity index (χ1v) is 11.0. The van der Waals surface area contributed by atoms with E-state index in [4.69, 9.17) is 13.9 Å². The Kier molecular flexibility index (Phi) is 5.77. The van der Waals surface area contributed by atoms with Crippen LogP contribution in [0, 0.1) is 5.92 Å². The van der Waals surface area contributed by atoms with E-state index in [1.807, 2.05) is 26.8 Å². The molecule has 4 rings (SSSR count). The van der Waals surface area contributed by atoms with Crippen LogP contribution in [0.15, 0.2) is 27.4 Å². The zero-order valence-corrected chi connectivity index (χ0v) is 18.4. The third-order valence-electron chi connectivity index (χ3n) is 5.89. The van der Waals surface area contributed by atoms with Crippen LogP contribution in [0.2, 0.25) is 0 Å². The summed E-state index contributed by atoms with van der Waals surface area (Å²) >= 11 is 0. The summed E-state index contributed by atoms with van der Waals surface area (Å²) in [6.07, 6.45) is 4.38. The fraction of sp³-hybridized carbons (Fsp3) is 0.542. The predicted octanol–water partition coefficient (Wildman–Crippen LogP) is 4.22. The molecule has 1 aliphatic heterocycles. The highest BCUT2D eigenvalue weighted by atomic mass is 16.6. The Labute approximate surface area is 181 Å². The van der Waals surface area contributed by atoms with Gasteiger partial charge in [-0.15, -0.1) is 0 Å². The Bertz CT molecular complexity index is 1060. The van der Waals surface area contributed by atoms with Gasteiger partial charge in [0, 0.05) is 30.1 Å². The monoisotopic (exact) mass is 427 g/mol. The molecule has 1 saturated heterocycles. The summed E-state index contributed by atoms with van der Waals surface area (Å²) in [5, 5.41) is 0.916. The van der Waals surface area contributed by atoms with Crippen LogP contribution in [0.4, 0.5) is 4.79 Å². The second-order valence-electron chi connectivity index (χ2n) is 9.37. The molecule has 0 bridgehead atoms. The van der Waals surface area contributed by atoms with Crippen molar-refractivity contribution in [2.75, 3.05) is 13.1 Å². The third kappa shape index (κ3) is 4.75. The Hall–Kier alpha value is -2.83. The van der Waals surface area contributed by atoms with Gasteiger partial charge in [0.25, 0.3) is 0 Å². The molecule has 0 spiro atoms. The fourth-order valence-electron chi connectivity index (χ4n) is 4.31. The van der Waals surface area contributed by atoms with Crippen molar-refractivity contribution in [1.82, 2.24) is 4.90 Å². The predicted molar refractivity (Wildman–Crippen MR) is 115 cm³/mol. The summed E-state index contributed by atoms with van der Waals surface area (Å²) in [6.45, 7) is 6.39. The molecule has 1 fully saturated rings. The SMILES string of the molecule is CC(C)(C)OC(=O)N1CCC(C(=O)Oc2ccc3c4c(c(=O)oc3c2)CCCC4)CC1. The molecule has 1 aliphatic carbocycles. The third-order valence-corrected chi connectivity index (χ3v) is 5.89. The zero-order chi connectivity index (χ0) is 22.2. The van der Waals surface area contributed by atoms with Crippen LogP contribution in [-0.2, 0) is 22.4 Å². The number of fused-ring (bicyclic) bond motifs is 3. The second kappa shape index (κ2) is 8.36. The zero-order valence-electron chi connectivity index (χ0n) is 18.4. The maximum Gasteiger partial charge on any atom is 0.410 e. The lowest BCUT2D eigenvalue weighted by molar-refractivity contribution is -0.140. The molecular weight excluding hydrogens is 398 g/mol. The van der Waals surface area contributed by atoms with Crippen LogP contribution in [0.3, 0.4) is 0 Å². The van der Waals surface area contributed by atoms with Crippen molar-refractivity contribution in [3.05, 3.63) is 39.7 Å². The maximum atomic E-state index is 12.7. The number of nitrogens with zero attached hydrogens (tertiary/aromatic N) is 1. The fourth-order valence-corrected chi connectivity index (χ4v) is 4.31. The molecule has 31 heavy (non-hydrogen) atoms. The normalized spacial score (nSPS) is 17.3. The average Bonchev–Trinajstić information content (AvgIpc) is 2.73. The number of rotatable bonds is 2. The molecule has 2 aromatic rings. The Balaban J connectivity index is 1.41. The first-order chi connectivity index (χ1) is 14.7. The minimum atomic E-state index is -0.544. The van der Waals surface area contributed by atoms with E-state index in [2.05, 4.69) is 0 Å². The quantitative estimate of drug-likeness (QED) is 0.405. The van der Waals surface area contributed by atoms with Gasteiger partial charge in [0.15, 0.2) is 0 Å².